The van der Waals surface area contributed by atoms with Crippen LogP contribution in [-0.4, -0.2) is 25.0 Å². The minimum Gasteiger partial charge on any atom is -0.306 e. The smallest absolute Gasteiger partial charge is 0.0412 e. The Balaban J connectivity index is 1.58. The summed E-state index contributed by atoms with van der Waals surface area (Å²) in [4.78, 5) is 5.11. The van der Waals surface area contributed by atoms with E-state index in [0.29, 0.717) is 0 Å². The third-order valence-electron chi connectivity index (χ3n) is 5.39. The minimum atomic E-state index is 0.819. The average Bonchev–Trinajstić information content (AvgIpc) is 2.63. The summed E-state index contributed by atoms with van der Waals surface area (Å²) in [6.45, 7) is 2.50. The number of piperidine rings is 1. The van der Waals surface area contributed by atoms with Crippen molar-refractivity contribution in [1.29, 1.82) is 0 Å². The van der Waals surface area contributed by atoms with Gasteiger partial charge in [-0.15, -0.1) is 0 Å². The quantitative estimate of drug-likeness (QED) is 0.528. The molecule has 0 aromatic heterocycles. The molecule has 25 heavy (non-hydrogen) atoms. The first-order valence-corrected chi connectivity index (χ1v) is 10.4. The first kappa shape index (κ1) is 17.2. The Morgan fingerprint density at radius 1 is 1.08 bits per heavy atom. The van der Waals surface area contributed by atoms with Gasteiger partial charge in [0.15, 0.2) is 0 Å². The molecule has 0 unspecified atom stereocenters. The number of fused-ring (bicyclic) bond motifs is 2. The van der Waals surface area contributed by atoms with E-state index in [1.54, 1.807) is 0 Å². The third kappa shape index (κ3) is 3.81. The van der Waals surface area contributed by atoms with Crippen LogP contribution in [0.5, 0.6) is 0 Å². The number of hydrogen-bond acceptors (Lipinski definition) is 2. The van der Waals surface area contributed by atoms with Crippen LogP contribution in [0.25, 0.3) is 5.57 Å². The van der Waals surface area contributed by atoms with Gasteiger partial charge in [0.05, 0.1) is 0 Å². The van der Waals surface area contributed by atoms with Crippen molar-refractivity contribution in [2.75, 3.05) is 20.1 Å². The van der Waals surface area contributed by atoms with Crippen molar-refractivity contribution in [2.24, 2.45) is 5.92 Å². The number of allylic oxidation sites excluding steroid dienone is 1. The van der Waals surface area contributed by atoms with E-state index in [4.69, 9.17) is 11.6 Å². The summed E-state index contributed by atoms with van der Waals surface area (Å²) in [7, 11) is 2.23. The van der Waals surface area contributed by atoms with Crippen molar-refractivity contribution >= 4 is 28.9 Å². The predicted molar refractivity (Wildman–Crippen MR) is 109 cm³/mol. The summed E-state index contributed by atoms with van der Waals surface area (Å²) in [5.74, 6) is 0.875. The number of likely N-dealkylation sites (tertiary alicyclic amines) is 1. The molecule has 2 aromatic carbocycles. The Morgan fingerprint density at radius 2 is 1.84 bits per heavy atom. The lowest BCUT2D eigenvalue weighted by Crippen LogP contribution is -2.30. The van der Waals surface area contributed by atoms with Gasteiger partial charge in [-0.3, -0.25) is 0 Å². The van der Waals surface area contributed by atoms with Gasteiger partial charge >= 0.3 is 0 Å². The summed E-state index contributed by atoms with van der Waals surface area (Å²) in [6, 6.07) is 15.0. The SMILES string of the molecule is CN1CCC(CCC=C2c3ccccc3Sc3ccc(Cl)cc32)CC1. The highest BCUT2D eigenvalue weighted by molar-refractivity contribution is 7.99. The van der Waals surface area contributed by atoms with Crippen LogP contribution in [-0.2, 0) is 0 Å². The van der Waals surface area contributed by atoms with Gasteiger partial charge in [-0.1, -0.05) is 47.6 Å². The highest BCUT2D eigenvalue weighted by atomic mass is 35.5. The Labute approximate surface area is 160 Å². The molecule has 3 heteroatoms. The minimum absolute atomic E-state index is 0.819. The van der Waals surface area contributed by atoms with E-state index in [0.717, 1.165) is 17.4 Å². The van der Waals surface area contributed by atoms with Crippen LogP contribution >= 0.6 is 23.4 Å². The molecule has 0 amide bonds. The molecule has 1 saturated heterocycles. The second-order valence-electron chi connectivity index (χ2n) is 7.18. The van der Waals surface area contributed by atoms with E-state index < -0.39 is 0 Å². The molecule has 130 valence electrons. The summed E-state index contributed by atoms with van der Waals surface area (Å²) in [6.07, 6.45) is 7.58. The van der Waals surface area contributed by atoms with E-state index in [2.05, 4.69) is 54.4 Å². The van der Waals surface area contributed by atoms with Gasteiger partial charge < -0.3 is 4.90 Å². The van der Waals surface area contributed by atoms with E-state index in [1.807, 2.05) is 17.8 Å². The lowest BCUT2D eigenvalue weighted by atomic mass is 9.90. The largest absolute Gasteiger partial charge is 0.306 e. The zero-order valence-electron chi connectivity index (χ0n) is 14.7. The first-order chi connectivity index (χ1) is 12.2. The predicted octanol–water partition coefficient (Wildman–Crippen LogP) is 6.36. The fourth-order valence-corrected chi connectivity index (χ4v) is 5.14. The molecule has 0 atom stereocenters. The standard InChI is InChI=1S/C22H24ClNS/c1-24-13-11-16(12-14-24)5-4-7-18-19-6-2-3-8-21(19)25-22-10-9-17(23)15-20(18)22/h2-3,6-10,15-16H,4-5,11-14H2,1H3. The number of benzene rings is 2. The van der Waals surface area contributed by atoms with Crippen molar-refractivity contribution in [3.05, 3.63) is 64.7 Å². The topological polar surface area (TPSA) is 3.24 Å². The van der Waals surface area contributed by atoms with Gasteiger partial charge in [0.25, 0.3) is 0 Å². The zero-order chi connectivity index (χ0) is 17.2. The molecule has 2 aliphatic heterocycles. The summed E-state index contributed by atoms with van der Waals surface area (Å²) in [5, 5.41) is 0.819. The summed E-state index contributed by atoms with van der Waals surface area (Å²) >= 11 is 8.15. The van der Waals surface area contributed by atoms with Crippen LogP contribution in [0.1, 0.15) is 36.8 Å². The molecule has 0 spiro atoms. The van der Waals surface area contributed by atoms with Gasteiger partial charge in [0, 0.05) is 14.8 Å². The maximum atomic E-state index is 6.30. The molecule has 2 aromatic rings. The second-order valence-corrected chi connectivity index (χ2v) is 8.70. The maximum absolute atomic E-state index is 6.30. The average molecular weight is 370 g/mol. The highest BCUT2D eigenvalue weighted by Gasteiger charge is 2.21. The molecule has 0 aliphatic carbocycles. The van der Waals surface area contributed by atoms with Gasteiger partial charge in [-0.2, -0.15) is 0 Å². The lowest BCUT2D eigenvalue weighted by molar-refractivity contribution is 0.213. The van der Waals surface area contributed by atoms with Crippen LogP contribution in [0.2, 0.25) is 5.02 Å². The summed E-state index contributed by atoms with van der Waals surface area (Å²) < 4.78 is 0. The fraction of sp³-hybridized carbons (Fsp3) is 0.364. The molecule has 2 aliphatic rings. The molecular weight excluding hydrogens is 346 g/mol. The molecule has 2 heterocycles. The Bertz CT molecular complexity index is 790. The van der Waals surface area contributed by atoms with Crippen LogP contribution < -0.4 is 0 Å². The summed E-state index contributed by atoms with van der Waals surface area (Å²) in [5.41, 5.74) is 4.00. The maximum Gasteiger partial charge on any atom is 0.0412 e. The molecule has 1 nitrogen and oxygen atoms in total. The molecule has 0 radical (unpaired) electrons. The molecule has 4 rings (SSSR count). The number of rotatable bonds is 3. The first-order valence-electron chi connectivity index (χ1n) is 9.16. The van der Waals surface area contributed by atoms with Crippen molar-refractivity contribution in [3.8, 4) is 0 Å². The second kappa shape index (κ2) is 7.57. The van der Waals surface area contributed by atoms with Crippen LogP contribution in [0.3, 0.4) is 0 Å². The van der Waals surface area contributed by atoms with Crippen molar-refractivity contribution in [2.45, 2.75) is 35.5 Å². The van der Waals surface area contributed by atoms with Crippen molar-refractivity contribution in [3.63, 3.8) is 0 Å². The molecular formula is C22H24ClNS. The van der Waals surface area contributed by atoms with Crippen LogP contribution in [0, 0.1) is 5.92 Å². The van der Waals surface area contributed by atoms with Crippen LogP contribution in [0.15, 0.2) is 58.3 Å². The van der Waals surface area contributed by atoms with Gasteiger partial charge in [-0.25, -0.2) is 0 Å². The third-order valence-corrected chi connectivity index (χ3v) is 6.78. The Hall–Kier alpha value is -1.22. The van der Waals surface area contributed by atoms with E-state index >= 15 is 0 Å². The van der Waals surface area contributed by atoms with E-state index in [1.165, 1.54) is 58.8 Å². The Kier molecular flexibility index (Phi) is 5.21. The van der Waals surface area contributed by atoms with Gasteiger partial charge in [0.2, 0.25) is 0 Å². The van der Waals surface area contributed by atoms with Crippen molar-refractivity contribution < 1.29 is 0 Å². The van der Waals surface area contributed by atoms with E-state index in [-0.39, 0.29) is 0 Å². The van der Waals surface area contributed by atoms with Crippen molar-refractivity contribution in [1.82, 2.24) is 4.90 Å². The van der Waals surface area contributed by atoms with Crippen LogP contribution in [0.4, 0.5) is 0 Å². The molecule has 1 fully saturated rings. The normalized spacial score (nSPS) is 19.7. The molecule has 0 N–H and O–H groups in total. The highest BCUT2D eigenvalue weighted by Crippen LogP contribution is 2.46. The van der Waals surface area contributed by atoms with Gasteiger partial charge in [-0.05, 0) is 92.7 Å². The van der Waals surface area contributed by atoms with Gasteiger partial charge in [0.1, 0.15) is 0 Å². The fourth-order valence-electron chi connectivity index (χ4n) is 3.88. The lowest BCUT2D eigenvalue weighted by Gasteiger charge is -2.28. The number of halogens is 1. The number of nitrogens with zero attached hydrogens (tertiary/aromatic N) is 1. The van der Waals surface area contributed by atoms with E-state index in [9.17, 15) is 0 Å². The zero-order valence-corrected chi connectivity index (χ0v) is 16.2. The number of hydrogen-bond donors (Lipinski definition) is 0. The Morgan fingerprint density at radius 3 is 2.68 bits per heavy atom. The monoisotopic (exact) mass is 369 g/mol. The molecule has 0 bridgehead atoms. The molecule has 0 saturated carbocycles.